The molecule has 4 heterocycles. The number of carbonyl (C=O) groups is 1. The minimum atomic E-state index is 0.0194. The lowest BCUT2D eigenvalue weighted by atomic mass is 9.96. The van der Waals surface area contributed by atoms with Gasteiger partial charge in [-0.15, -0.1) is 0 Å². The molecule has 2 aliphatic heterocycles. The fourth-order valence-corrected chi connectivity index (χ4v) is 4.42. The SMILES string of the molecule is CCc1oc(C(=O)N2CCCC[C@@H]2c2cccnc2)cc1CN1CCCC1. The predicted octanol–water partition coefficient (Wildman–Crippen LogP) is 4.20. The van der Waals surface area contributed by atoms with Gasteiger partial charge in [0.2, 0.25) is 0 Å². The maximum atomic E-state index is 13.3. The van der Waals surface area contributed by atoms with Crippen molar-refractivity contribution in [2.45, 2.75) is 58.0 Å². The standard InChI is InChI=1S/C22H29N3O2/c1-2-20-18(16-24-11-5-6-12-24)14-21(27-20)22(26)25-13-4-3-9-19(25)17-8-7-10-23-15-17/h7-8,10,14-15,19H,2-6,9,11-13,16H2,1H3/t19-/m1/s1. The monoisotopic (exact) mass is 367 g/mol. The Balaban J connectivity index is 1.56. The first-order valence-corrected chi connectivity index (χ1v) is 10.3. The number of piperidine rings is 1. The lowest BCUT2D eigenvalue weighted by Crippen LogP contribution is -2.38. The average molecular weight is 367 g/mol. The molecule has 5 nitrogen and oxygen atoms in total. The number of nitrogens with zero attached hydrogens (tertiary/aromatic N) is 3. The van der Waals surface area contributed by atoms with Gasteiger partial charge in [-0.3, -0.25) is 14.7 Å². The molecule has 144 valence electrons. The Kier molecular flexibility index (Phi) is 5.58. The molecular formula is C22H29N3O2. The summed E-state index contributed by atoms with van der Waals surface area (Å²) in [5.41, 5.74) is 2.29. The van der Waals surface area contributed by atoms with Gasteiger partial charge in [-0.1, -0.05) is 13.0 Å². The van der Waals surface area contributed by atoms with Crippen molar-refractivity contribution >= 4 is 5.91 Å². The summed E-state index contributed by atoms with van der Waals surface area (Å²) in [6.45, 7) is 6.06. The van der Waals surface area contributed by atoms with E-state index < -0.39 is 0 Å². The molecule has 2 aromatic heterocycles. The highest BCUT2D eigenvalue weighted by Gasteiger charge is 2.31. The lowest BCUT2D eigenvalue weighted by Gasteiger charge is -2.35. The van der Waals surface area contributed by atoms with Crippen LogP contribution in [0.15, 0.2) is 35.0 Å². The highest BCUT2D eigenvalue weighted by molar-refractivity contribution is 5.92. The number of aryl methyl sites for hydroxylation is 1. The van der Waals surface area contributed by atoms with Crippen LogP contribution in [-0.2, 0) is 13.0 Å². The number of likely N-dealkylation sites (tertiary alicyclic amines) is 2. The van der Waals surface area contributed by atoms with E-state index in [4.69, 9.17) is 4.42 Å². The summed E-state index contributed by atoms with van der Waals surface area (Å²) in [4.78, 5) is 22.0. The summed E-state index contributed by atoms with van der Waals surface area (Å²) in [5.74, 6) is 1.47. The van der Waals surface area contributed by atoms with Crippen LogP contribution in [0.5, 0.6) is 0 Å². The number of carbonyl (C=O) groups excluding carboxylic acids is 1. The minimum Gasteiger partial charge on any atom is -0.456 e. The summed E-state index contributed by atoms with van der Waals surface area (Å²) < 4.78 is 6.04. The summed E-state index contributed by atoms with van der Waals surface area (Å²) in [5, 5.41) is 0. The van der Waals surface area contributed by atoms with E-state index in [2.05, 4.69) is 22.9 Å². The highest BCUT2D eigenvalue weighted by Crippen LogP contribution is 2.32. The van der Waals surface area contributed by atoms with Gasteiger partial charge in [0.15, 0.2) is 5.76 Å². The number of amides is 1. The first kappa shape index (κ1) is 18.2. The number of rotatable bonds is 5. The molecule has 2 aromatic rings. The van der Waals surface area contributed by atoms with Crippen LogP contribution in [0.4, 0.5) is 0 Å². The molecule has 0 radical (unpaired) electrons. The number of hydrogen-bond acceptors (Lipinski definition) is 4. The van der Waals surface area contributed by atoms with Gasteiger partial charge in [0.1, 0.15) is 5.76 Å². The van der Waals surface area contributed by atoms with Crippen molar-refractivity contribution in [3.8, 4) is 0 Å². The second-order valence-electron chi connectivity index (χ2n) is 7.69. The van der Waals surface area contributed by atoms with E-state index in [0.717, 1.165) is 63.2 Å². The van der Waals surface area contributed by atoms with Crippen LogP contribution in [0.1, 0.15) is 72.5 Å². The molecule has 5 heteroatoms. The van der Waals surface area contributed by atoms with Gasteiger partial charge in [-0.25, -0.2) is 0 Å². The number of pyridine rings is 1. The van der Waals surface area contributed by atoms with Crippen molar-refractivity contribution in [3.05, 3.63) is 53.2 Å². The average Bonchev–Trinajstić information content (AvgIpc) is 3.38. The maximum absolute atomic E-state index is 13.3. The fraction of sp³-hybridized carbons (Fsp3) is 0.545. The molecule has 2 saturated heterocycles. The van der Waals surface area contributed by atoms with Crippen LogP contribution >= 0.6 is 0 Å². The molecule has 0 unspecified atom stereocenters. The molecular weight excluding hydrogens is 338 g/mol. The fourth-order valence-electron chi connectivity index (χ4n) is 4.42. The second-order valence-corrected chi connectivity index (χ2v) is 7.69. The van der Waals surface area contributed by atoms with Crippen molar-refractivity contribution in [2.75, 3.05) is 19.6 Å². The molecule has 2 fully saturated rings. The van der Waals surface area contributed by atoms with Crippen molar-refractivity contribution in [1.82, 2.24) is 14.8 Å². The van der Waals surface area contributed by atoms with E-state index in [1.807, 2.05) is 23.2 Å². The van der Waals surface area contributed by atoms with Gasteiger partial charge in [0.05, 0.1) is 6.04 Å². The van der Waals surface area contributed by atoms with Crippen molar-refractivity contribution in [3.63, 3.8) is 0 Å². The van der Waals surface area contributed by atoms with Gasteiger partial charge in [-0.05, 0) is 62.9 Å². The van der Waals surface area contributed by atoms with E-state index in [1.165, 1.54) is 18.4 Å². The summed E-state index contributed by atoms with van der Waals surface area (Å²) in [6.07, 6.45) is 10.2. The molecule has 1 amide bonds. The summed E-state index contributed by atoms with van der Waals surface area (Å²) >= 11 is 0. The van der Waals surface area contributed by atoms with Crippen LogP contribution in [-0.4, -0.2) is 40.3 Å². The molecule has 1 atom stereocenters. The van der Waals surface area contributed by atoms with Gasteiger partial charge in [0, 0.05) is 37.5 Å². The molecule has 0 bridgehead atoms. The van der Waals surface area contributed by atoms with E-state index in [9.17, 15) is 4.79 Å². The largest absolute Gasteiger partial charge is 0.456 e. The molecule has 4 rings (SSSR count). The Bertz CT molecular complexity index is 765. The third-order valence-corrected chi connectivity index (χ3v) is 5.85. The van der Waals surface area contributed by atoms with E-state index >= 15 is 0 Å². The zero-order valence-electron chi connectivity index (χ0n) is 16.2. The lowest BCUT2D eigenvalue weighted by molar-refractivity contribution is 0.0577. The molecule has 0 saturated carbocycles. The molecule has 0 aromatic carbocycles. The van der Waals surface area contributed by atoms with Crippen LogP contribution in [0.25, 0.3) is 0 Å². The smallest absolute Gasteiger partial charge is 0.290 e. The maximum Gasteiger partial charge on any atom is 0.290 e. The van der Waals surface area contributed by atoms with E-state index in [0.29, 0.717) is 5.76 Å². The minimum absolute atomic E-state index is 0.0194. The Morgan fingerprint density at radius 1 is 1.22 bits per heavy atom. The van der Waals surface area contributed by atoms with Crippen LogP contribution in [0, 0.1) is 0 Å². The molecule has 0 N–H and O–H groups in total. The quantitative estimate of drug-likeness (QED) is 0.795. The van der Waals surface area contributed by atoms with Crippen LogP contribution in [0.3, 0.4) is 0 Å². The predicted molar refractivity (Wildman–Crippen MR) is 104 cm³/mol. The van der Waals surface area contributed by atoms with Crippen molar-refractivity contribution < 1.29 is 9.21 Å². The number of aromatic nitrogens is 1. The molecule has 0 aliphatic carbocycles. The third-order valence-electron chi connectivity index (χ3n) is 5.85. The summed E-state index contributed by atoms with van der Waals surface area (Å²) in [6, 6.07) is 6.11. The third kappa shape index (κ3) is 3.93. The number of hydrogen-bond donors (Lipinski definition) is 0. The van der Waals surface area contributed by atoms with Crippen molar-refractivity contribution in [1.29, 1.82) is 0 Å². The molecule has 2 aliphatic rings. The Morgan fingerprint density at radius 3 is 2.78 bits per heavy atom. The highest BCUT2D eigenvalue weighted by atomic mass is 16.4. The Morgan fingerprint density at radius 2 is 2.04 bits per heavy atom. The topological polar surface area (TPSA) is 49.6 Å². The zero-order valence-corrected chi connectivity index (χ0v) is 16.2. The van der Waals surface area contributed by atoms with Gasteiger partial charge in [0.25, 0.3) is 5.91 Å². The molecule has 0 spiro atoms. The first-order chi connectivity index (χ1) is 13.3. The Labute approximate surface area is 161 Å². The van der Waals surface area contributed by atoms with E-state index in [1.54, 1.807) is 6.20 Å². The second kappa shape index (κ2) is 8.26. The van der Waals surface area contributed by atoms with Gasteiger partial charge < -0.3 is 9.32 Å². The van der Waals surface area contributed by atoms with Crippen LogP contribution < -0.4 is 0 Å². The van der Waals surface area contributed by atoms with Gasteiger partial charge >= 0.3 is 0 Å². The first-order valence-electron chi connectivity index (χ1n) is 10.3. The Hall–Kier alpha value is -2.14. The van der Waals surface area contributed by atoms with Crippen molar-refractivity contribution in [2.24, 2.45) is 0 Å². The van der Waals surface area contributed by atoms with Gasteiger partial charge in [-0.2, -0.15) is 0 Å². The summed E-state index contributed by atoms with van der Waals surface area (Å²) in [7, 11) is 0. The number of furan rings is 1. The van der Waals surface area contributed by atoms with Crippen LogP contribution in [0.2, 0.25) is 0 Å². The zero-order chi connectivity index (χ0) is 18.6. The van der Waals surface area contributed by atoms with E-state index in [-0.39, 0.29) is 11.9 Å². The normalized spacial score (nSPS) is 20.9. The molecule has 27 heavy (non-hydrogen) atoms.